The van der Waals surface area contributed by atoms with Crippen molar-refractivity contribution in [2.75, 3.05) is 0 Å². The van der Waals surface area contributed by atoms with Gasteiger partial charge < -0.3 is 9.88 Å². The fourth-order valence-electron chi connectivity index (χ4n) is 2.96. The van der Waals surface area contributed by atoms with Crippen molar-refractivity contribution in [3.63, 3.8) is 0 Å². The van der Waals surface area contributed by atoms with E-state index in [2.05, 4.69) is 15.3 Å². The Hall–Kier alpha value is -2.99. The van der Waals surface area contributed by atoms with Crippen LogP contribution < -0.4 is 5.32 Å². The van der Waals surface area contributed by atoms with Crippen molar-refractivity contribution in [1.29, 1.82) is 0 Å². The predicted octanol–water partition coefficient (Wildman–Crippen LogP) is 3.94. The molecular weight excluding hydrogens is 344 g/mol. The standard InChI is InChI=1S/C20H18N4OS/c1-13-22-18(19(26-13)14-8-4-3-5-9-14)20(25)21-12-17-23-15-10-6-7-11-16(15)24(17)2/h3-11H,12H2,1-2H3,(H,21,25). The third kappa shape index (κ3) is 2.99. The average Bonchev–Trinajstić information content (AvgIpc) is 3.21. The quantitative estimate of drug-likeness (QED) is 0.598. The lowest BCUT2D eigenvalue weighted by Gasteiger charge is -2.06. The zero-order valence-electron chi connectivity index (χ0n) is 14.6. The normalized spacial score (nSPS) is 11.0. The highest BCUT2D eigenvalue weighted by Crippen LogP contribution is 2.30. The lowest BCUT2D eigenvalue weighted by molar-refractivity contribution is 0.0946. The van der Waals surface area contributed by atoms with Gasteiger partial charge in [0.05, 0.1) is 27.5 Å². The third-order valence-electron chi connectivity index (χ3n) is 4.27. The number of aromatic nitrogens is 3. The van der Waals surface area contributed by atoms with Crippen LogP contribution in [0.5, 0.6) is 0 Å². The summed E-state index contributed by atoms with van der Waals surface area (Å²) in [6.07, 6.45) is 0. The molecular formula is C20H18N4OS. The summed E-state index contributed by atoms with van der Waals surface area (Å²) in [6.45, 7) is 2.27. The number of benzene rings is 2. The molecule has 0 aliphatic heterocycles. The second-order valence-corrected chi connectivity index (χ2v) is 7.24. The van der Waals surface area contributed by atoms with Gasteiger partial charge in [-0.3, -0.25) is 4.79 Å². The maximum atomic E-state index is 12.7. The highest BCUT2D eigenvalue weighted by Gasteiger charge is 2.18. The molecule has 0 atom stereocenters. The van der Waals surface area contributed by atoms with E-state index in [0.717, 1.165) is 32.3 Å². The van der Waals surface area contributed by atoms with Gasteiger partial charge in [-0.15, -0.1) is 11.3 Å². The summed E-state index contributed by atoms with van der Waals surface area (Å²) < 4.78 is 2.00. The molecule has 2 aromatic carbocycles. The molecule has 0 fully saturated rings. The minimum atomic E-state index is -0.180. The van der Waals surface area contributed by atoms with Crippen LogP contribution in [-0.4, -0.2) is 20.4 Å². The van der Waals surface area contributed by atoms with Crippen LogP contribution in [-0.2, 0) is 13.6 Å². The molecule has 5 nitrogen and oxygen atoms in total. The van der Waals surface area contributed by atoms with Gasteiger partial charge in [0.2, 0.25) is 0 Å². The zero-order valence-corrected chi connectivity index (χ0v) is 15.4. The summed E-state index contributed by atoms with van der Waals surface area (Å²) in [4.78, 5) is 22.7. The van der Waals surface area contributed by atoms with Crippen LogP contribution in [0, 0.1) is 6.92 Å². The minimum absolute atomic E-state index is 0.180. The largest absolute Gasteiger partial charge is 0.343 e. The number of thiazole rings is 1. The van der Waals surface area contributed by atoms with Crippen molar-refractivity contribution in [2.24, 2.45) is 7.05 Å². The average molecular weight is 362 g/mol. The Balaban J connectivity index is 1.58. The van der Waals surface area contributed by atoms with Crippen LogP contribution in [0.1, 0.15) is 21.3 Å². The molecule has 2 aromatic heterocycles. The van der Waals surface area contributed by atoms with Crippen LogP contribution in [0.3, 0.4) is 0 Å². The van der Waals surface area contributed by atoms with Crippen molar-refractivity contribution in [1.82, 2.24) is 19.9 Å². The number of nitrogens with zero attached hydrogens (tertiary/aromatic N) is 3. The number of hydrogen-bond acceptors (Lipinski definition) is 4. The first kappa shape index (κ1) is 16.5. The Morgan fingerprint density at radius 1 is 1.08 bits per heavy atom. The van der Waals surface area contributed by atoms with Gasteiger partial charge in [0.1, 0.15) is 11.5 Å². The maximum Gasteiger partial charge on any atom is 0.271 e. The second-order valence-electron chi connectivity index (χ2n) is 6.04. The molecule has 0 spiro atoms. The van der Waals surface area contributed by atoms with Gasteiger partial charge >= 0.3 is 0 Å². The molecule has 4 aromatic rings. The van der Waals surface area contributed by atoms with Gasteiger partial charge in [-0.2, -0.15) is 0 Å². The van der Waals surface area contributed by atoms with Gasteiger partial charge in [0, 0.05) is 7.05 Å². The number of amides is 1. The van der Waals surface area contributed by atoms with E-state index in [9.17, 15) is 4.79 Å². The SMILES string of the molecule is Cc1nc(C(=O)NCc2nc3ccccc3n2C)c(-c2ccccc2)s1. The molecule has 0 aliphatic rings. The van der Waals surface area contributed by atoms with Crippen molar-refractivity contribution >= 4 is 28.3 Å². The molecule has 1 N–H and O–H groups in total. The van der Waals surface area contributed by atoms with E-state index in [-0.39, 0.29) is 5.91 Å². The summed E-state index contributed by atoms with van der Waals surface area (Å²) in [5.74, 6) is 0.632. The third-order valence-corrected chi connectivity index (χ3v) is 5.29. The molecule has 2 heterocycles. The fraction of sp³-hybridized carbons (Fsp3) is 0.150. The number of hydrogen-bond donors (Lipinski definition) is 1. The van der Waals surface area contributed by atoms with E-state index < -0.39 is 0 Å². The minimum Gasteiger partial charge on any atom is -0.343 e. The Morgan fingerprint density at radius 3 is 2.58 bits per heavy atom. The molecule has 0 aliphatic carbocycles. The van der Waals surface area contributed by atoms with Gasteiger partial charge in [-0.1, -0.05) is 42.5 Å². The molecule has 0 unspecified atom stereocenters. The van der Waals surface area contributed by atoms with Gasteiger partial charge in [-0.05, 0) is 24.6 Å². The number of imidazole rings is 1. The zero-order chi connectivity index (χ0) is 18.1. The van der Waals surface area contributed by atoms with E-state index in [1.807, 2.05) is 73.1 Å². The molecule has 1 amide bonds. The number of nitrogens with one attached hydrogen (secondary N) is 1. The molecule has 0 saturated heterocycles. The van der Waals surface area contributed by atoms with Crippen molar-refractivity contribution in [3.8, 4) is 10.4 Å². The molecule has 0 bridgehead atoms. The van der Waals surface area contributed by atoms with E-state index in [4.69, 9.17) is 0 Å². The smallest absolute Gasteiger partial charge is 0.271 e. The monoisotopic (exact) mass is 362 g/mol. The summed E-state index contributed by atoms with van der Waals surface area (Å²) in [7, 11) is 1.96. The first-order valence-electron chi connectivity index (χ1n) is 8.35. The summed E-state index contributed by atoms with van der Waals surface area (Å²) >= 11 is 1.53. The second kappa shape index (κ2) is 6.72. The van der Waals surface area contributed by atoms with Crippen LogP contribution in [0.2, 0.25) is 0 Å². The number of aryl methyl sites for hydroxylation is 2. The Bertz CT molecular complexity index is 1080. The molecule has 130 valence electrons. The number of carbonyl (C=O) groups excluding carboxylic acids is 1. The molecule has 4 rings (SSSR count). The lowest BCUT2D eigenvalue weighted by Crippen LogP contribution is -2.25. The van der Waals surface area contributed by atoms with E-state index in [1.54, 1.807) is 0 Å². The van der Waals surface area contributed by atoms with Crippen molar-refractivity contribution in [3.05, 3.63) is 71.1 Å². The summed E-state index contributed by atoms with van der Waals surface area (Å²) in [5.41, 5.74) is 3.45. The highest BCUT2D eigenvalue weighted by atomic mass is 32.1. The van der Waals surface area contributed by atoms with E-state index in [1.165, 1.54) is 11.3 Å². The highest BCUT2D eigenvalue weighted by molar-refractivity contribution is 7.15. The lowest BCUT2D eigenvalue weighted by atomic mass is 10.1. The fourth-order valence-corrected chi connectivity index (χ4v) is 3.88. The predicted molar refractivity (Wildman–Crippen MR) is 104 cm³/mol. The molecule has 6 heteroatoms. The Labute approximate surface area is 155 Å². The Kier molecular flexibility index (Phi) is 4.26. The van der Waals surface area contributed by atoms with Crippen LogP contribution >= 0.6 is 11.3 Å². The van der Waals surface area contributed by atoms with E-state index in [0.29, 0.717) is 12.2 Å². The summed E-state index contributed by atoms with van der Waals surface area (Å²) in [5, 5.41) is 3.83. The van der Waals surface area contributed by atoms with Gasteiger partial charge in [0.25, 0.3) is 5.91 Å². The van der Waals surface area contributed by atoms with Crippen molar-refractivity contribution < 1.29 is 4.79 Å². The number of para-hydroxylation sites is 2. The molecule has 0 radical (unpaired) electrons. The van der Waals surface area contributed by atoms with Gasteiger partial charge in [-0.25, -0.2) is 9.97 Å². The summed E-state index contributed by atoms with van der Waals surface area (Å²) in [6, 6.07) is 17.8. The van der Waals surface area contributed by atoms with Crippen LogP contribution in [0.15, 0.2) is 54.6 Å². The molecule has 26 heavy (non-hydrogen) atoms. The first-order chi connectivity index (χ1) is 12.6. The maximum absolute atomic E-state index is 12.7. The van der Waals surface area contributed by atoms with Gasteiger partial charge in [0.15, 0.2) is 0 Å². The van der Waals surface area contributed by atoms with E-state index >= 15 is 0 Å². The van der Waals surface area contributed by atoms with Crippen LogP contribution in [0.25, 0.3) is 21.5 Å². The number of carbonyl (C=O) groups is 1. The van der Waals surface area contributed by atoms with Crippen molar-refractivity contribution in [2.45, 2.75) is 13.5 Å². The first-order valence-corrected chi connectivity index (χ1v) is 9.16. The molecule has 0 saturated carbocycles. The topological polar surface area (TPSA) is 59.8 Å². The van der Waals surface area contributed by atoms with Crippen LogP contribution in [0.4, 0.5) is 0 Å². The Morgan fingerprint density at radius 2 is 1.81 bits per heavy atom. The number of fused-ring (bicyclic) bond motifs is 1. The number of rotatable bonds is 4.